The Labute approximate surface area is 94.2 Å². The van der Waals surface area contributed by atoms with E-state index in [1.54, 1.807) is 18.2 Å². The molecule has 0 saturated carbocycles. The highest BCUT2D eigenvalue weighted by Gasteiger charge is 2.37. The van der Waals surface area contributed by atoms with Crippen LogP contribution in [0.4, 0.5) is 0 Å². The molecule has 1 aromatic carbocycles. The van der Waals surface area contributed by atoms with E-state index in [9.17, 15) is 8.42 Å². The molecule has 0 spiro atoms. The summed E-state index contributed by atoms with van der Waals surface area (Å²) >= 11 is 5.97. The van der Waals surface area contributed by atoms with Crippen LogP contribution in [0.15, 0.2) is 23.1 Å². The van der Waals surface area contributed by atoms with Gasteiger partial charge in [0.05, 0.1) is 10.1 Å². The number of sulfone groups is 1. The first kappa shape index (κ1) is 10.9. The van der Waals surface area contributed by atoms with Crippen LogP contribution in [0.3, 0.4) is 0 Å². The van der Waals surface area contributed by atoms with Gasteiger partial charge in [0.25, 0.3) is 0 Å². The normalized spacial score (nSPS) is 22.7. The molecular weight excluding hydrogens is 234 g/mol. The zero-order valence-corrected chi connectivity index (χ0v) is 9.68. The van der Waals surface area contributed by atoms with Crippen LogP contribution in [0.1, 0.15) is 12.0 Å². The van der Waals surface area contributed by atoms with E-state index >= 15 is 0 Å². The van der Waals surface area contributed by atoms with E-state index in [1.165, 1.54) is 0 Å². The van der Waals surface area contributed by atoms with Crippen molar-refractivity contribution in [2.24, 2.45) is 5.73 Å². The van der Waals surface area contributed by atoms with Gasteiger partial charge in [-0.3, -0.25) is 0 Å². The summed E-state index contributed by atoms with van der Waals surface area (Å²) in [5.41, 5.74) is 6.15. The Balaban J connectivity index is 2.52. The molecule has 0 bridgehead atoms. The lowest BCUT2D eigenvalue weighted by atomic mass is 10.1. The number of hydrogen-bond donors (Lipinski definition) is 1. The van der Waals surface area contributed by atoms with Crippen LogP contribution in [-0.2, 0) is 16.3 Å². The zero-order valence-electron chi connectivity index (χ0n) is 8.11. The Morgan fingerprint density at radius 1 is 1.47 bits per heavy atom. The lowest BCUT2D eigenvalue weighted by molar-refractivity contribution is 0.580. The van der Waals surface area contributed by atoms with Crippen molar-refractivity contribution in [1.29, 1.82) is 0 Å². The second-order valence-electron chi connectivity index (χ2n) is 3.67. The molecule has 1 aromatic rings. The maximum absolute atomic E-state index is 12.0. The van der Waals surface area contributed by atoms with Crippen molar-refractivity contribution in [3.63, 3.8) is 0 Å². The standard InChI is InChI=1S/C10H12ClNO2S/c11-9-2-1-3-10-8(9)6-7(4-5-12)15(10,13)14/h1-3,7H,4-6,12H2. The zero-order chi connectivity index (χ0) is 11.1. The van der Waals surface area contributed by atoms with Gasteiger partial charge in [-0.15, -0.1) is 0 Å². The highest BCUT2D eigenvalue weighted by atomic mass is 35.5. The van der Waals surface area contributed by atoms with E-state index in [0.29, 0.717) is 29.3 Å². The molecule has 0 aliphatic carbocycles. The van der Waals surface area contributed by atoms with Gasteiger partial charge in [-0.25, -0.2) is 8.42 Å². The van der Waals surface area contributed by atoms with Crippen LogP contribution in [0.25, 0.3) is 0 Å². The Hall–Kier alpha value is -0.580. The third-order valence-electron chi connectivity index (χ3n) is 2.74. The molecule has 2 rings (SSSR count). The molecular formula is C10H12ClNO2S. The van der Waals surface area contributed by atoms with E-state index in [-0.39, 0.29) is 0 Å². The number of nitrogens with two attached hydrogens (primary N) is 1. The summed E-state index contributed by atoms with van der Waals surface area (Å²) < 4.78 is 24.0. The van der Waals surface area contributed by atoms with Crippen molar-refractivity contribution in [2.75, 3.05) is 6.54 Å². The molecule has 3 nitrogen and oxygen atoms in total. The van der Waals surface area contributed by atoms with Gasteiger partial charge in [0, 0.05) is 5.02 Å². The van der Waals surface area contributed by atoms with Crippen molar-refractivity contribution in [3.8, 4) is 0 Å². The minimum Gasteiger partial charge on any atom is -0.330 e. The Kier molecular flexibility index (Phi) is 2.75. The molecule has 2 N–H and O–H groups in total. The van der Waals surface area contributed by atoms with Crippen molar-refractivity contribution < 1.29 is 8.42 Å². The quantitative estimate of drug-likeness (QED) is 0.857. The molecule has 1 unspecified atom stereocenters. The van der Waals surface area contributed by atoms with Crippen molar-refractivity contribution in [2.45, 2.75) is 23.0 Å². The third-order valence-corrected chi connectivity index (χ3v) is 5.37. The maximum Gasteiger partial charge on any atom is 0.181 e. The fourth-order valence-corrected chi connectivity index (χ4v) is 4.27. The number of rotatable bonds is 2. The first-order valence-electron chi connectivity index (χ1n) is 4.78. The summed E-state index contributed by atoms with van der Waals surface area (Å²) in [7, 11) is -3.20. The van der Waals surface area contributed by atoms with Gasteiger partial charge in [0.15, 0.2) is 9.84 Å². The van der Waals surface area contributed by atoms with Gasteiger partial charge in [0.2, 0.25) is 0 Å². The van der Waals surface area contributed by atoms with Gasteiger partial charge in [0.1, 0.15) is 0 Å². The van der Waals surface area contributed by atoms with E-state index in [1.807, 2.05) is 0 Å². The first-order valence-corrected chi connectivity index (χ1v) is 6.71. The van der Waals surface area contributed by atoms with Crippen molar-refractivity contribution in [3.05, 3.63) is 28.8 Å². The average Bonchev–Trinajstić information content (AvgIpc) is 2.43. The van der Waals surface area contributed by atoms with Crippen LogP contribution >= 0.6 is 11.6 Å². The predicted octanol–water partition coefficient (Wildman–Crippen LogP) is 1.39. The minimum atomic E-state index is -3.20. The maximum atomic E-state index is 12.0. The fraction of sp³-hybridized carbons (Fsp3) is 0.400. The monoisotopic (exact) mass is 245 g/mol. The molecule has 5 heteroatoms. The molecule has 15 heavy (non-hydrogen) atoms. The summed E-state index contributed by atoms with van der Waals surface area (Å²) in [6.07, 6.45) is 0.988. The van der Waals surface area contributed by atoms with E-state index in [2.05, 4.69) is 0 Å². The van der Waals surface area contributed by atoms with Crippen LogP contribution in [-0.4, -0.2) is 20.2 Å². The van der Waals surface area contributed by atoms with Crippen LogP contribution < -0.4 is 5.73 Å². The molecule has 0 radical (unpaired) electrons. The molecule has 1 aliphatic heterocycles. The summed E-state index contributed by atoms with van der Waals surface area (Å²) in [5.74, 6) is 0. The summed E-state index contributed by atoms with van der Waals surface area (Å²) in [4.78, 5) is 0.383. The van der Waals surface area contributed by atoms with Crippen molar-refractivity contribution in [1.82, 2.24) is 0 Å². The number of halogens is 1. The molecule has 0 amide bonds. The molecule has 0 aromatic heterocycles. The van der Waals surface area contributed by atoms with E-state index in [0.717, 1.165) is 5.56 Å². The van der Waals surface area contributed by atoms with Gasteiger partial charge in [-0.05, 0) is 37.1 Å². The molecule has 1 heterocycles. The van der Waals surface area contributed by atoms with Crippen LogP contribution in [0.5, 0.6) is 0 Å². The SMILES string of the molecule is NCCC1Cc2c(Cl)cccc2S1(=O)=O. The fourth-order valence-electron chi connectivity index (χ4n) is 1.96. The van der Waals surface area contributed by atoms with E-state index < -0.39 is 15.1 Å². The lowest BCUT2D eigenvalue weighted by Crippen LogP contribution is -2.20. The average molecular weight is 246 g/mol. The molecule has 0 saturated heterocycles. The Bertz CT molecular complexity index is 484. The molecule has 1 atom stereocenters. The predicted molar refractivity (Wildman–Crippen MR) is 59.8 cm³/mol. The number of hydrogen-bond acceptors (Lipinski definition) is 3. The summed E-state index contributed by atoms with van der Waals surface area (Å²) in [6, 6.07) is 5.01. The van der Waals surface area contributed by atoms with Crippen LogP contribution in [0, 0.1) is 0 Å². The van der Waals surface area contributed by atoms with Gasteiger partial charge in [-0.1, -0.05) is 17.7 Å². The van der Waals surface area contributed by atoms with Crippen molar-refractivity contribution >= 4 is 21.4 Å². The molecule has 82 valence electrons. The van der Waals surface area contributed by atoms with Gasteiger partial charge < -0.3 is 5.73 Å². The third kappa shape index (κ3) is 1.67. The minimum absolute atomic E-state index is 0.383. The second kappa shape index (κ2) is 3.77. The largest absolute Gasteiger partial charge is 0.330 e. The highest BCUT2D eigenvalue weighted by molar-refractivity contribution is 7.92. The lowest BCUT2D eigenvalue weighted by Gasteiger charge is -2.06. The highest BCUT2D eigenvalue weighted by Crippen LogP contribution is 2.36. The summed E-state index contributed by atoms with van der Waals surface area (Å²) in [6.45, 7) is 0.384. The first-order chi connectivity index (χ1) is 7.07. The molecule has 1 aliphatic rings. The number of benzene rings is 1. The Morgan fingerprint density at radius 2 is 2.20 bits per heavy atom. The summed E-state index contributed by atoms with van der Waals surface area (Å²) in [5, 5.41) is 0.146. The van der Waals surface area contributed by atoms with Gasteiger partial charge >= 0.3 is 0 Å². The van der Waals surface area contributed by atoms with Crippen LogP contribution in [0.2, 0.25) is 5.02 Å². The number of fused-ring (bicyclic) bond motifs is 1. The second-order valence-corrected chi connectivity index (χ2v) is 6.27. The van der Waals surface area contributed by atoms with Gasteiger partial charge in [-0.2, -0.15) is 0 Å². The molecule has 0 fully saturated rings. The van der Waals surface area contributed by atoms with E-state index in [4.69, 9.17) is 17.3 Å². The Morgan fingerprint density at radius 3 is 2.80 bits per heavy atom. The smallest absolute Gasteiger partial charge is 0.181 e. The topological polar surface area (TPSA) is 60.2 Å².